The molecule has 156 valence electrons. The molecule has 1 aromatic heterocycles. The third-order valence-corrected chi connectivity index (χ3v) is 6.82. The highest BCUT2D eigenvalue weighted by Gasteiger charge is 2.41. The van der Waals surface area contributed by atoms with Gasteiger partial charge in [0.25, 0.3) is 0 Å². The van der Waals surface area contributed by atoms with Gasteiger partial charge in [0.2, 0.25) is 10.0 Å². The number of allylic oxidation sites excluding steroid dienone is 1. The van der Waals surface area contributed by atoms with Crippen LogP contribution in [0.1, 0.15) is 39.5 Å². The Morgan fingerprint density at radius 2 is 2.00 bits per heavy atom. The second kappa shape index (κ2) is 8.92. The first kappa shape index (κ1) is 21.3. The number of aromatic nitrogens is 2. The van der Waals surface area contributed by atoms with E-state index in [4.69, 9.17) is 4.74 Å². The molecule has 0 bridgehead atoms. The SMILES string of the molecule is C/C=C/C1(C(=O)OCC)CCC(NS(=O)(=O)c2ccc(-n3cccn3)cc2)CC1. The summed E-state index contributed by atoms with van der Waals surface area (Å²) in [6.07, 6.45) is 9.49. The molecule has 0 aliphatic heterocycles. The zero-order valence-corrected chi connectivity index (χ0v) is 17.6. The molecule has 3 rings (SSSR count). The van der Waals surface area contributed by atoms with E-state index < -0.39 is 15.4 Å². The molecule has 1 saturated carbocycles. The first-order valence-electron chi connectivity index (χ1n) is 9.84. The maximum atomic E-state index is 12.8. The third-order valence-electron chi connectivity index (χ3n) is 5.28. The van der Waals surface area contributed by atoms with E-state index in [0.29, 0.717) is 32.3 Å². The van der Waals surface area contributed by atoms with E-state index in [1.165, 1.54) is 0 Å². The van der Waals surface area contributed by atoms with E-state index in [0.717, 1.165) is 5.69 Å². The van der Waals surface area contributed by atoms with Crippen molar-refractivity contribution in [2.45, 2.75) is 50.5 Å². The van der Waals surface area contributed by atoms with E-state index in [1.807, 2.05) is 19.1 Å². The average Bonchev–Trinajstić information content (AvgIpc) is 3.25. The van der Waals surface area contributed by atoms with Gasteiger partial charge in [-0.25, -0.2) is 17.8 Å². The van der Waals surface area contributed by atoms with E-state index in [1.54, 1.807) is 54.3 Å². The molecule has 0 spiro atoms. The molecule has 7 nitrogen and oxygen atoms in total. The van der Waals surface area contributed by atoms with Gasteiger partial charge in [-0.05, 0) is 69.9 Å². The topological polar surface area (TPSA) is 90.3 Å². The molecule has 2 aromatic rings. The molecule has 0 amide bonds. The Kier molecular flexibility index (Phi) is 6.54. The van der Waals surface area contributed by atoms with E-state index >= 15 is 0 Å². The first-order chi connectivity index (χ1) is 13.9. The number of benzene rings is 1. The molecule has 8 heteroatoms. The van der Waals surface area contributed by atoms with Crippen molar-refractivity contribution in [3.8, 4) is 5.69 Å². The smallest absolute Gasteiger partial charge is 0.315 e. The van der Waals surface area contributed by atoms with Crippen LogP contribution in [-0.2, 0) is 19.6 Å². The molecule has 1 N–H and O–H groups in total. The van der Waals surface area contributed by atoms with Crippen LogP contribution in [0, 0.1) is 5.41 Å². The van der Waals surface area contributed by atoms with Crippen LogP contribution in [0.4, 0.5) is 0 Å². The summed E-state index contributed by atoms with van der Waals surface area (Å²) in [4.78, 5) is 12.6. The van der Waals surface area contributed by atoms with E-state index in [-0.39, 0.29) is 16.9 Å². The van der Waals surface area contributed by atoms with Crippen LogP contribution in [0.15, 0.2) is 59.8 Å². The summed E-state index contributed by atoms with van der Waals surface area (Å²) in [6, 6.07) is 8.19. The molecular formula is C21H27N3O4S. The van der Waals surface area contributed by atoms with Gasteiger partial charge < -0.3 is 4.74 Å². The standard InChI is InChI=1S/C21H27N3O4S/c1-3-12-21(20(25)28-4-2)13-10-17(11-14-21)23-29(26,27)19-8-6-18(7-9-19)24-16-5-15-22-24/h3,5-9,12,15-17,23H,4,10-11,13-14H2,1-2H3/b12-3+. The maximum Gasteiger partial charge on any atom is 0.315 e. The summed E-state index contributed by atoms with van der Waals surface area (Å²) in [6.45, 7) is 4.00. The summed E-state index contributed by atoms with van der Waals surface area (Å²) in [5.74, 6) is -0.228. The largest absolute Gasteiger partial charge is 0.465 e. The van der Waals surface area contributed by atoms with E-state index in [2.05, 4.69) is 9.82 Å². The predicted octanol–water partition coefficient (Wildman–Crippen LogP) is 3.22. The molecule has 0 unspecified atom stereocenters. The molecule has 29 heavy (non-hydrogen) atoms. The number of sulfonamides is 1. The van der Waals surface area contributed by atoms with Gasteiger partial charge in [-0.1, -0.05) is 12.2 Å². The number of carbonyl (C=O) groups is 1. The third kappa shape index (κ3) is 4.76. The number of ether oxygens (including phenoxy) is 1. The minimum absolute atomic E-state index is 0.210. The second-order valence-electron chi connectivity index (χ2n) is 7.22. The number of nitrogens with zero attached hydrogens (tertiary/aromatic N) is 2. The lowest BCUT2D eigenvalue weighted by Gasteiger charge is -2.36. The number of hydrogen-bond donors (Lipinski definition) is 1. The molecule has 1 heterocycles. The number of esters is 1. The monoisotopic (exact) mass is 417 g/mol. The molecular weight excluding hydrogens is 390 g/mol. The molecule has 1 fully saturated rings. The van der Waals surface area contributed by atoms with Crippen LogP contribution in [0.3, 0.4) is 0 Å². The normalized spacial score (nSPS) is 22.6. The average molecular weight is 418 g/mol. The molecule has 0 atom stereocenters. The van der Waals surface area contributed by atoms with E-state index in [9.17, 15) is 13.2 Å². The Morgan fingerprint density at radius 3 is 2.55 bits per heavy atom. The highest BCUT2D eigenvalue weighted by molar-refractivity contribution is 7.89. The van der Waals surface area contributed by atoms with Gasteiger partial charge in [0, 0.05) is 18.4 Å². The summed E-state index contributed by atoms with van der Waals surface area (Å²) < 4.78 is 35.3. The Labute approximate surface area is 171 Å². The quantitative estimate of drug-likeness (QED) is 0.552. The van der Waals surface area contributed by atoms with Crippen molar-refractivity contribution in [1.82, 2.24) is 14.5 Å². The van der Waals surface area contributed by atoms with Crippen LogP contribution in [0.25, 0.3) is 5.69 Å². The maximum absolute atomic E-state index is 12.8. The lowest BCUT2D eigenvalue weighted by molar-refractivity contribution is -0.154. The van der Waals surface area contributed by atoms with Crippen LogP contribution in [0.5, 0.6) is 0 Å². The molecule has 1 aromatic carbocycles. The first-order valence-corrected chi connectivity index (χ1v) is 11.3. The van der Waals surface area contributed by atoms with Crippen molar-refractivity contribution in [2.75, 3.05) is 6.61 Å². The molecule has 0 radical (unpaired) electrons. The highest BCUT2D eigenvalue weighted by atomic mass is 32.2. The number of hydrogen-bond acceptors (Lipinski definition) is 5. The zero-order valence-electron chi connectivity index (χ0n) is 16.7. The van der Waals surface area contributed by atoms with Crippen molar-refractivity contribution in [2.24, 2.45) is 5.41 Å². The van der Waals surface area contributed by atoms with Gasteiger partial charge in [-0.15, -0.1) is 0 Å². The van der Waals surface area contributed by atoms with Crippen LogP contribution in [-0.4, -0.2) is 36.8 Å². The minimum Gasteiger partial charge on any atom is -0.465 e. The Bertz CT molecular complexity index is 942. The second-order valence-corrected chi connectivity index (χ2v) is 8.93. The Balaban J connectivity index is 1.66. The summed E-state index contributed by atoms with van der Waals surface area (Å²) in [5.41, 5.74) is 0.134. The van der Waals surface area contributed by atoms with Crippen LogP contribution >= 0.6 is 0 Å². The molecule has 1 aliphatic rings. The van der Waals surface area contributed by atoms with Crippen molar-refractivity contribution < 1.29 is 17.9 Å². The van der Waals surface area contributed by atoms with Gasteiger partial charge in [0.05, 0.1) is 22.6 Å². The van der Waals surface area contributed by atoms with Crippen molar-refractivity contribution >= 4 is 16.0 Å². The van der Waals surface area contributed by atoms with Crippen LogP contribution in [0.2, 0.25) is 0 Å². The summed E-state index contributed by atoms with van der Waals surface area (Å²) in [7, 11) is -3.64. The van der Waals surface area contributed by atoms with Gasteiger partial charge in [0.15, 0.2) is 0 Å². The fourth-order valence-electron chi connectivity index (χ4n) is 3.77. The number of nitrogens with one attached hydrogen (secondary N) is 1. The zero-order chi connectivity index (χ0) is 20.9. The lowest BCUT2D eigenvalue weighted by Crippen LogP contribution is -2.43. The Morgan fingerprint density at radius 1 is 1.31 bits per heavy atom. The van der Waals surface area contributed by atoms with Gasteiger partial charge in [0.1, 0.15) is 0 Å². The highest BCUT2D eigenvalue weighted by Crippen LogP contribution is 2.39. The van der Waals surface area contributed by atoms with Gasteiger partial charge in [-0.3, -0.25) is 4.79 Å². The molecule has 1 aliphatic carbocycles. The summed E-state index contributed by atoms with van der Waals surface area (Å²) >= 11 is 0. The number of rotatable bonds is 7. The van der Waals surface area contributed by atoms with Crippen LogP contribution < -0.4 is 4.72 Å². The fourth-order valence-corrected chi connectivity index (χ4v) is 5.08. The van der Waals surface area contributed by atoms with Crippen molar-refractivity contribution in [3.05, 3.63) is 54.9 Å². The van der Waals surface area contributed by atoms with Gasteiger partial charge in [-0.2, -0.15) is 5.10 Å². The number of carbonyl (C=O) groups excluding carboxylic acids is 1. The minimum atomic E-state index is -3.64. The van der Waals surface area contributed by atoms with Crippen molar-refractivity contribution in [3.63, 3.8) is 0 Å². The Hall–Kier alpha value is -2.45. The van der Waals surface area contributed by atoms with Crippen molar-refractivity contribution in [1.29, 1.82) is 0 Å². The molecule has 0 saturated heterocycles. The predicted molar refractivity (Wildman–Crippen MR) is 110 cm³/mol. The lowest BCUT2D eigenvalue weighted by atomic mass is 9.72. The van der Waals surface area contributed by atoms with Gasteiger partial charge >= 0.3 is 5.97 Å². The summed E-state index contributed by atoms with van der Waals surface area (Å²) in [5, 5.41) is 4.14. The fraction of sp³-hybridized carbons (Fsp3) is 0.429.